The number of para-hydroxylation sites is 1. The molecule has 5 heteroatoms. The number of aliphatic hydroxyl groups excluding tert-OH is 1. The minimum Gasteiger partial charge on any atom is -0.390 e. The van der Waals surface area contributed by atoms with Crippen LogP contribution in [0.3, 0.4) is 0 Å². The first kappa shape index (κ1) is 17.4. The molecule has 0 unspecified atom stereocenters. The Hall–Kier alpha value is -1.40. The highest BCUT2D eigenvalue weighted by atomic mass is 32.2. The van der Waals surface area contributed by atoms with E-state index in [1.54, 1.807) is 23.1 Å². The monoisotopic (exact) mass is 359 g/mol. The molecule has 2 aromatic heterocycles. The fourth-order valence-electron chi connectivity index (χ4n) is 2.52. The van der Waals surface area contributed by atoms with Gasteiger partial charge in [-0.25, -0.2) is 4.98 Å². The smallest absolute Gasteiger partial charge is 0.0971 e. The van der Waals surface area contributed by atoms with Gasteiger partial charge in [-0.05, 0) is 42.5 Å². The molecule has 0 amide bonds. The van der Waals surface area contributed by atoms with Crippen molar-refractivity contribution in [1.29, 1.82) is 0 Å². The molecule has 0 saturated carbocycles. The first-order valence-corrected chi connectivity index (χ1v) is 9.78. The number of thioether (sulfide) groups is 1. The topological polar surface area (TPSA) is 42.4 Å². The number of pyridine rings is 1. The Labute approximate surface area is 150 Å². The molecule has 0 radical (unpaired) electrons. The van der Waals surface area contributed by atoms with E-state index in [1.807, 2.05) is 17.5 Å². The third-order valence-electron chi connectivity index (χ3n) is 3.78. The van der Waals surface area contributed by atoms with Crippen molar-refractivity contribution in [3.63, 3.8) is 0 Å². The van der Waals surface area contributed by atoms with E-state index in [1.165, 1.54) is 21.4 Å². The van der Waals surface area contributed by atoms with E-state index in [4.69, 9.17) is 9.72 Å². The van der Waals surface area contributed by atoms with Crippen LogP contribution in [0, 0.1) is 13.8 Å². The summed E-state index contributed by atoms with van der Waals surface area (Å²) >= 11 is 3.24. The zero-order valence-corrected chi connectivity index (χ0v) is 15.5. The number of aliphatic hydroxyl groups is 1. The molecule has 3 rings (SSSR count). The zero-order valence-electron chi connectivity index (χ0n) is 13.9. The van der Waals surface area contributed by atoms with Gasteiger partial charge in [-0.1, -0.05) is 24.3 Å². The fraction of sp³-hybridized carbons (Fsp3) is 0.316. The number of benzene rings is 1. The van der Waals surface area contributed by atoms with Crippen LogP contribution in [0.15, 0.2) is 46.8 Å². The van der Waals surface area contributed by atoms with Crippen LogP contribution >= 0.6 is 23.1 Å². The maximum atomic E-state index is 10.1. The molecule has 0 bridgehead atoms. The Morgan fingerprint density at radius 3 is 2.88 bits per heavy atom. The van der Waals surface area contributed by atoms with E-state index in [0.29, 0.717) is 19.0 Å². The van der Waals surface area contributed by atoms with Gasteiger partial charge in [0.15, 0.2) is 0 Å². The van der Waals surface area contributed by atoms with Crippen molar-refractivity contribution < 1.29 is 9.84 Å². The second-order valence-electron chi connectivity index (χ2n) is 5.81. The number of hydrogen-bond donors (Lipinski definition) is 1. The van der Waals surface area contributed by atoms with E-state index in [2.05, 4.69) is 38.1 Å². The predicted molar refractivity (Wildman–Crippen MR) is 102 cm³/mol. The third kappa shape index (κ3) is 4.36. The van der Waals surface area contributed by atoms with Gasteiger partial charge < -0.3 is 9.84 Å². The molecule has 3 nitrogen and oxygen atoms in total. The molecule has 0 saturated heterocycles. The van der Waals surface area contributed by atoms with Crippen molar-refractivity contribution in [2.75, 3.05) is 12.4 Å². The summed E-state index contributed by atoms with van der Waals surface area (Å²) in [6.07, 6.45) is -0.496. The lowest BCUT2D eigenvalue weighted by Gasteiger charge is -2.12. The summed E-state index contributed by atoms with van der Waals surface area (Å²) in [5.74, 6) is 0.578. The Morgan fingerprint density at radius 2 is 2.08 bits per heavy atom. The lowest BCUT2D eigenvalue weighted by Crippen LogP contribution is -2.17. The molecule has 3 aromatic rings. The maximum absolute atomic E-state index is 10.1. The normalized spacial score (nSPS) is 12.6. The van der Waals surface area contributed by atoms with Crippen LogP contribution in [-0.4, -0.2) is 28.6 Å². The molecule has 0 aliphatic carbocycles. The Kier molecular flexibility index (Phi) is 5.89. The molecule has 0 fully saturated rings. The van der Waals surface area contributed by atoms with Gasteiger partial charge in [0.1, 0.15) is 0 Å². The van der Waals surface area contributed by atoms with Crippen LogP contribution in [0.25, 0.3) is 10.9 Å². The highest BCUT2D eigenvalue weighted by Crippen LogP contribution is 2.26. The van der Waals surface area contributed by atoms with Crippen molar-refractivity contribution in [3.05, 3.63) is 57.8 Å². The highest BCUT2D eigenvalue weighted by molar-refractivity contribution is 7.99. The van der Waals surface area contributed by atoms with Crippen LogP contribution in [-0.2, 0) is 11.3 Å². The standard InChI is InChI=1S/C19H21NO2S2/c1-13-5-3-7-17-14(2)9-18(20-19(13)17)24-12-15(21)10-22-11-16-6-4-8-23-16/h3-9,15,21H,10-12H2,1-2H3/t15-/m0/s1. The van der Waals surface area contributed by atoms with E-state index >= 15 is 0 Å². The Bertz CT molecular complexity index is 802. The summed E-state index contributed by atoms with van der Waals surface area (Å²) in [5.41, 5.74) is 3.44. The Morgan fingerprint density at radius 1 is 1.21 bits per heavy atom. The number of rotatable bonds is 7. The van der Waals surface area contributed by atoms with Gasteiger partial charge in [-0.2, -0.15) is 0 Å². The summed E-state index contributed by atoms with van der Waals surface area (Å²) in [6, 6.07) is 12.4. The molecule has 1 aromatic carbocycles. The minimum atomic E-state index is -0.496. The highest BCUT2D eigenvalue weighted by Gasteiger charge is 2.09. The van der Waals surface area contributed by atoms with Crippen LogP contribution < -0.4 is 0 Å². The van der Waals surface area contributed by atoms with Gasteiger partial charge in [0, 0.05) is 16.0 Å². The number of aromatic nitrogens is 1. The van der Waals surface area contributed by atoms with Crippen LogP contribution in [0.2, 0.25) is 0 Å². The van der Waals surface area contributed by atoms with Gasteiger partial charge in [-0.3, -0.25) is 0 Å². The molecule has 1 atom stereocenters. The van der Waals surface area contributed by atoms with Gasteiger partial charge in [0.05, 0.1) is 29.9 Å². The number of nitrogens with zero attached hydrogens (tertiary/aromatic N) is 1. The minimum absolute atomic E-state index is 0.344. The van der Waals surface area contributed by atoms with E-state index in [9.17, 15) is 5.11 Å². The summed E-state index contributed by atoms with van der Waals surface area (Å²) in [6.45, 7) is 5.09. The summed E-state index contributed by atoms with van der Waals surface area (Å²) < 4.78 is 5.57. The fourth-order valence-corrected chi connectivity index (χ4v) is 4.04. The zero-order chi connectivity index (χ0) is 16.9. The van der Waals surface area contributed by atoms with E-state index < -0.39 is 6.10 Å². The number of aryl methyl sites for hydroxylation is 2. The molecule has 0 aliphatic rings. The van der Waals surface area contributed by atoms with Crippen molar-refractivity contribution in [1.82, 2.24) is 4.98 Å². The third-order valence-corrected chi connectivity index (χ3v) is 5.69. The number of ether oxygens (including phenoxy) is 1. The molecular weight excluding hydrogens is 338 g/mol. The predicted octanol–water partition coefficient (Wildman–Crippen LogP) is 4.58. The average Bonchev–Trinajstić information content (AvgIpc) is 3.07. The van der Waals surface area contributed by atoms with E-state index in [-0.39, 0.29) is 0 Å². The molecule has 1 N–H and O–H groups in total. The SMILES string of the molecule is Cc1cc(SC[C@@H](O)COCc2cccs2)nc2c(C)cccc12. The van der Waals surface area contributed by atoms with Gasteiger partial charge in [0.25, 0.3) is 0 Å². The molecule has 2 heterocycles. The second-order valence-corrected chi connectivity index (χ2v) is 7.88. The molecule has 0 aliphatic heterocycles. The van der Waals surface area contributed by atoms with Gasteiger partial charge in [0.2, 0.25) is 0 Å². The second kappa shape index (κ2) is 8.12. The van der Waals surface area contributed by atoms with Crippen LogP contribution in [0.1, 0.15) is 16.0 Å². The lowest BCUT2D eigenvalue weighted by molar-refractivity contribution is 0.0409. The van der Waals surface area contributed by atoms with Crippen LogP contribution in [0.5, 0.6) is 0 Å². The maximum Gasteiger partial charge on any atom is 0.0971 e. The quantitative estimate of drug-likeness (QED) is 0.627. The van der Waals surface area contributed by atoms with Crippen molar-refractivity contribution in [2.45, 2.75) is 31.6 Å². The summed E-state index contributed by atoms with van der Waals surface area (Å²) in [5, 5.41) is 14.3. The van der Waals surface area contributed by atoms with Crippen molar-refractivity contribution in [2.24, 2.45) is 0 Å². The number of hydrogen-bond acceptors (Lipinski definition) is 5. The van der Waals surface area contributed by atoms with Gasteiger partial charge >= 0.3 is 0 Å². The number of thiophene rings is 1. The molecule has 24 heavy (non-hydrogen) atoms. The van der Waals surface area contributed by atoms with Crippen LogP contribution in [0.4, 0.5) is 0 Å². The summed E-state index contributed by atoms with van der Waals surface area (Å²) in [7, 11) is 0. The molecule has 0 spiro atoms. The Balaban J connectivity index is 1.56. The van der Waals surface area contributed by atoms with Gasteiger partial charge in [-0.15, -0.1) is 23.1 Å². The first-order chi connectivity index (χ1) is 11.6. The van der Waals surface area contributed by atoms with Crippen molar-refractivity contribution >= 4 is 34.0 Å². The largest absolute Gasteiger partial charge is 0.390 e. The first-order valence-electron chi connectivity index (χ1n) is 7.91. The summed E-state index contributed by atoms with van der Waals surface area (Å²) in [4.78, 5) is 5.92. The number of fused-ring (bicyclic) bond motifs is 1. The molecule has 126 valence electrons. The molecular formula is C19H21NO2S2. The van der Waals surface area contributed by atoms with E-state index in [0.717, 1.165) is 10.5 Å². The average molecular weight is 360 g/mol. The lowest BCUT2D eigenvalue weighted by atomic mass is 10.1. The van der Waals surface area contributed by atoms with Crippen molar-refractivity contribution in [3.8, 4) is 0 Å².